The van der Waals surface area contributed by atoms with E-state index in [9.17, 15) is 0 Å². The molecule has 0 saturated heterocycles. The highest BCUT2D eigenvalue weighted by Crippen LogP contribution is 2.42. The van der Waals surface area contributed by atoms with E-state index < -0.39 is 0 Å². The predicted molar refractivity (Wildman–Crippen MR) is 94.5 cm³/mol. The van der Waals surface area contributed by atoms with Crippen LogP contribution in [0.5, 0.6) is 5.75 Å². The van der Waals surface area contributed by atoms with Crippen LogP contribution in [-0.4, -0.2) is 21.6 Å². The topological polar surface area (TPSA) is 22.1 Å². The van der Waals surface area contributed by atoms with E-state index in [1.54, 1.807) is 6.07 Å². The van der Waals surface area contributed by atoms with Gasteiger partial charge in [-0.15, -0.1) is 0 Å². The lowest BCUT2D eigenvalue weighted by molar-refractivity contribution is 0.626. The van der Waals surface area contributed by atoms with E-state index in [4.69, 9.17) is 10.7 Å². The van der Waals surface area contributed by atoms with E-state index in [0.29, 0.717) is 5.69 Å². The molecule has 4 radical (unpaired) electrons. The molecule has 3 aromatic carbocycles. The van der Waals surface area contributed by atoms with Crippen molar-refractivity contribution in [3.63, 3.8) is 0 Å². The lowest BCUT2D eigenvalue weighted by Gasteiger charge is -2.17. The van der Waals surface area contributed by atoms with E-state index in [-0.39, 0.29) is 0 Å². The van der Waals surface area contributed by atoms with Gasteiger partial charge in [-0.25, -0.2) is 0 Å². The molecule has 3 heteroatoms. The molecule has 0 aliphatic carbocycles. The zero-order valence-electron chi connectivity index (χ0n) is 12.4. The van der Waals surface area contributed by atoms with E-state index in [0.717, 1.165) is 33.2 Å². The standard InChI is InChI=1S/C20H13NO.Al/c1-13-7-6-12-18(21-13)19-16-10-4-2-8-14(16)15-9-3-5-11-17(15)20(19)22;/h1-12,22H;/q;+1/p-1. The molecule has 0 spiro atoms. The summed E-state index contributed by atoms with van der Waals surface area (Å²) in [5, 5.41) is 4.49. The highest BCUT2D eigenvalue weighted by Gasteiger charge is 2.16. The molecule has 0 amide bonds. The van der Waals surface area contributed by atoms with Crippen molar-refractivity contribution in [2.45, 2.75) is 0 Å². The first-order valence-electron chi connectivity index (χ1n) is 7.32. The molecule has 4 aromatic rings. The maximum absolute atomic E-state index is 5.89. The normalized spacial score (nSPS) is 11.0. The van der Waals surface area contributed by atoms with Crippen molar-refractivity contribution in [2.75, 3.05) is 0 Å². The number of fused-ring (bicyclic) bond motifs is 3. The summed E-state index contributed by atoms with van der Waals surface area (Å²) in [5.74, 6) is 0.794. The Morgan fingerprint density at radius 3 is 2.00 bits per heavy atom. The Balaban J connectivity index is 2.24. The van der Waals surface area contributed by atoms with Crippen molar-refractivity contribution >= 4 is 38.2 Å². The molecule has 23 heavy (non-hydrogen) atoms. The third-order valence-electron chi connectivity index (χ3n) is 4.03. The first-order valence-corrected chi connectivity index (χ1v) is 7.80. The van der Waals surface area contributed by atoms with E-state index in [1.165, 1.54) is 5.39 Å². The van der Waals surface area contributed by atoms with Gasteiger partial charge in [-0.3, -0.25) is 4.98 Å². The molecule has 106 valence electrons. The van der Waals surface area contributed by atoms with Gasteiger partial charge in [0.1, 0.15) is 0 Å². The molecule has 1 aromatic heterocycles. The van der Waals surface area contributed by atoms with E-state index >= 15 is 0 Å². The average molecular weight is 309 g/mol. The zero-order valence-corrected chi connectivity index (χ0v) is 13.5. The number of nitrogens with zero attached hydrogens (tertiary/aromatic N) is 1. The SMILES string of the molecule is [CH]c1cccc(-c2c([O][Al])c3ccccc3c3ccccc23)n1. The smallest absolute Gasteiger partial charge is 0.482 e. The molecule has 4 rings (SSSR count). The summed E-state index contributed by atoms with van der Waals surface area (Å²) in [6.45, 7) is 5.89. The van der Waals surface area contributed by atoms with Crippen LogP contribution < -0.4 is 3.79 Å². The van der Waals surface area contributed by atoms with Crippen LogP contribution in [0, 0.1) is 6.92 Å². The van der Waals surface area contributed by atoms with Crippen LogP contribution in [0.25, 0.3) is 32.8 Å². The van der Waals surface area contributed by atoms with Crippen molar-refractivity contribution in [1.82, 2.24) is 4.98 Å². The fourth-order valence-corrected chi connectivity index (χ4v) is 3.32. The fourth-order valence-electron chi connectivity index (χ4n) is 3.08. The summed E-state index contributed by atoms with van der Waals surface area (Å²) in [5.41, 5.74) is 2.26. The van der Waals surface area contributed by atoms with Crippen LogP contribution in [-0.2, 0) is 0 Å². The van der Waals surface area contributed by atoms with Crippen LogP contribution in [0.15, 0.2) is 66.7 Å². The predicted octanol–water partition coefficient (Wildman–Crippen LogP) is 4.58. The average Bonchev–Trinajstić information content (AvgIpc) is 2.60. The molecule has 1 heterocycles. The lowest BCUT2D eigenvalue weighted by atomic mass is 9.94. The second-order valence-electron chi connectivity index (χ2n) is 5.36. The van der Waals surface area contributed by atoms with Crippen molar-refractivity contribution in [3.05, 3.63) is 79.3 Å². The number of hydrogen-bond acceptors (Lipinski definition) is 2. The van der Waals surface area contributed by atoms with Gasteiger partial charge in [0, 0.05) is 23.6 Å². The monoisotopic (exact) mass is 309 g/mol. The molecule has 0 saturated carbocycles. The largest absolute Gasteiger partial charge is 0.653 e. The van der Waals surface area contributed by atoms with Crippen LogP contribution in [0.2, 0.25) is 0 Å². The highest BCUT2D eigenvalue weighted by molar-refractivity contribution is 6.18. The van der Waals surface area contributed by atoms with Crippen LogP contribution >= 0.6 is 0 Å². The molecule has 0 aliphatic heterocycles. The second kappa shape index (κ2) is 5.70. The zero-order chi connectivity index (χ0) is 15.8. The van der Waals surface area contributed by atoms with Gasteiger partial charge in [-0.1, -0.05) is 54.6 Å². The molecule has 0 aliphatic rings. The quantitative estimate of drug-likeness (QED) is 0.399. The summed E-state index contributed by atoms with van der Waals surface area (Å²) >= 11 is 2.35. The number of hydrogen-bond donors (Lipinski definition) is 0. The molecule has 0 fully saturated rings. The third kappa shape index (κ3) is 2.30. The Morgan fingerprint density at radius 2 is 1.35 bits per heavy atom. The van der Waals surface area contributed by atoms with Gasteiger partial charge < -0.3 is 3.79 Å². The van der Waals surface area contributed by atoms with Gasteiger partial charge >= 0.3 is 16.6 Å². The Labute approximate surface area is 143 Å². The van der Waals surface area contributed by atoms with Gasteiger partial charge in [0.05, 0.1) is 11.4 Å². The Morgan fingerprint density at radius 1 is 0.739 bits per heavy atom. The molecular weight excluding hydrogens is 297 g/mol. The van der Waals surface area contributed by atoms with Gasteiger partial charge in [-0.2, -0.15) is 0 Å². The van der Waals surface area contributed by atoms with Gasteiger partial charge in [0.2, 0.25) is 0 Å². The Kier molecular flexibility index (Phi) is 3.54. The molecular formula is C20H12AlNO. The van der Waals surface area contributed by atoms with E-state index in [1.807, 2.05) is 36.4 Å². The summed E-state index contributed by atoms with van der Waals surface area (Å²) in [7, 11) is 0. The fraction of sp³-hybridized carbons (Fsp3) is 0. The van der Waals surface area contributed by atoms with Crippen LogP contribution in [0.4, 0.5) is 0 Å². The maximum Gasteiger partial charge on any atom is 0.482 e. The van der Waals surface area contributed by atoms with Crippen molar-refractivity contribution in [2.24, 2.45) is 0 Å². The van der Waals surface area contributed by atoms with Gasteiger partial charge in [0.25, 0.3) is 0 Å². The summed E-state index contributed by atoms with van der Waals surface area (Å²) in [4.78, 5) is 4.50. The minimum absolute atomic E-state index is 0.495. The minimum atomic E-state index is 0.495. The number of benzene rings is 3. The van der Waals surface area contributed by atoms with Gasteiger partial charge in [0.15, 0.2) is 0 Å². The summed E-state index contributed by atoms with van der Waals surface area (Å²) in [6, 6.07) is 22.2. The molecule has 0 N–H and O–H groups in total. The maximum atomic E-state index is 5.89. The van der Waals surface area contributed by atoms with Crippen LogP contribution in [0.3, 0.4) is 0 Å². The Bertz CT molecular complexity index is 1030. The van der Waals surface area contributed by atoms with E-state index in [2.05, 4.69) is 45.9 Å². The van der Waals surface area contributed by atoms with Crippen molar-refractivity contribution < 1.29 is 3.79 Å². The van der Waals surface area contributed by atoms with Crippen molar-refractivity contribution in [1.29, 1.82) is 0 Å². The highest BCUT2D eigenvalue weighted by atomic mass is 27.1. The first-order chi connectivity index (χ1) is 11.3. The van der Waals surface area contributed by atoms with Crippen LogP contribution in [0.1, 0.15) is 5.69 Å². The molecule has 0 atom stereocenters. The molecule has 0 bridgehead atoms. The lowest BCUT2D eigenvalue weighted by Crippen LogP contribution is -1.96. The Hall–Kier alpha value is -2.34. The summed E-state index contributed by atoms with van der Waals surface area (Å²) in [6.07, 6.45) is 0. The second-order valence-corrected chi connectivity index (χ2v) is 5.60. The molecule has 0 unspecified atom stereocenters. The van der Waals surface area contributed by atoms with Crippen molar-refractivity contribution in [3.8, 4) is 17.0 Å². The summed E-state index contributed by atoms with van der Waals surface area (Å²) < 4.78 is 5.70. The van der Waals surface area contributed by atoms with Gasteiger partial charge in [-0.05, 0) is 28.3 Å². The first kappa shape index (κ1) is 14.3. The minimum Gasteiger partial charge on any atom is -0.653 e. The third-order valence-corrected chi connectivity index (χ3v) is 4.27. The number of pyridine rings is 1. The molecule has 2 nitrogen and oxygen atoms in total. The number of aromatic nitrogens is 1. The number of rotatable bonds is 2.